The van der Waals surface area contributed by atoms with E-state index in [1.807, 2.05) is 24.3 Å². The zero-order valence-corrected chi connectivity index (χ0v) is 13.6. The molecule has 2 aromatic rings. The molecule has 2 rings (SSSR count). The van der Waals surface area contributed by atoms with Crippen molar-refractivity contribution in [2.45, 2.75) is 16.7 Å². The van der Waals surface area contributed by atoms with Crippen molar-refractivity contribution in [1.82, 2.24) is 0 Å². The molecule has 0 spiro atoms. The molecule has 0 radical (unpaired) electrons. The van der Waals surface area contributed by atoms with E-state index in [0.717, 1.165) is 10.6 Å². The van der Waals surface area contributed by atoms with Crippen LogP contribution in [0.3, 0.4) is 0 Å². The van der Waals surface area contributed by atoms with Gasteiger partial charge in [-0.25, -0.2) is 9.59 Å². The molecule has 5 nitrogen and oxygen atoms in total. The lowest BCUT2D eigenvalue weighted by Crippen LogP contribution is -2.08. The average molecular weight is 332 g/mol. The molecule has 0 saturated carbocycles. The maximum Gasteiger partial charge on any atom is 0.339 e. The highest BCUT2D eigenvalue weighted by Crippen LogP contribution is 2.32. The fourth-order valence-electron chi connectivity index (χ4n) is 1.89. The molecule has 6 heteroatoms. The van der Waals surface area contributed by atoms with Crippen LogP contribution >= 0.6 is 11.8 Å². The number of methoxy groups -OCH3 is 1. The van der Waals surface area contributed by atoms with Crippen LogP contribution in [-0.4, -0.2) is 30.8 Å². The second-order valence-electron chi connectivity index (χ2n) is 4.51. The summed E-state index contributed by atoms with van der Waals surface area (Å²) in [6.45, 7) is 1.93. The van der Waals surface area contributed by atoms with E-state index in [9.17, 15) is 9.59 Å². The summed E-state index contributed by atoms with van der Waals surface area (Å²) in [5.41, 5.74) is 0.291. The van der Waals surface area contributed by atoms with Crippen LogP contribution in [-0.2, 0) is 4.74 Å². The molecule has 0 fully saturated rings. The van der Waals surface area contributed by atoms with Crippen molar-refractivity contribution in [1.29, 1.82) is 0 Å². The summed E-state index contributed by atoms with van der Waals surface area (Å²) in [6.07, 6.45) is 0. The van der Waals surface area contributed by atoms with Gasteiger partial charge in [0.1, 0.15) is 5.75 Å². The van der Waals surface area contributed by atoms with E-state index < -0.39 is 11.9 Å². The molecule has 2 aromatic carbocycles. The lowest BCUT2D eigenvalue weighted by molar-refractivity contribution is 0.0522. The number of hydrogen-bond acceptors (Lipinski definition) is 5. The first-order chi connectivity index (χ1) is 11.0. The number of rotatable bonds is 6. The van der Waals surface area contributed by atoms with Gasteiger partial charge in [-0.1, -0.05) is 11.8 Å². The summed E-state index contributed by atoms with van der Waals surface area (Å²) in [5.74, 6) is -0.885. The van der Waals surface area contributed by atoms with Crippen molar-refractivity contribution in [3.8, 4) is 5.75 Å². The van der Waals surface area contributed by atoms with E-state index in [2.05, 4.69) is 0 Å². The standard InChI is InChI=1S/C17H16O5S/c1-3-22-17(20)14-10-11(16(18)19)4-9-15(14)23-13-7-5-12(21-2)6-8-13/h4-10H,3H2,1-2H3,(H,18,19). The van der Waals surface area contributed by atoms with E-state index in [4.69, 9.17) is 14.6 Å². The Morgan fingerprint density at radius 3 is 2.39 bits per heavy atom. The number of hydrogen-bond donors (Lipinski definition) is 1. The van der Waals surface area contributed by atoms with Crippen molar-refractivity contribution >= 4 is 23.7 Å². The SMILES string of the molecule is CCOC(=O)c1cc(C(=O)O)ccc1Sc1ccc(OC)cc1. The van der Waals surface area contributed by atoms with Crippen LogP contribution in [0.5, 0.6) is 5.75 Å². The second kappa shape index (κ2) is 7.69. The molecular weight excluding hydrogens is 316 g/mol. The summed E-state index contributed by atoms with van der Waals surface area (Å²) >= 11 is 1.36. The Morgan fingerprint density at radius 2 is 1.83 bits per heavy atom. The van der Waals surface area contributed by atoms with Gasteiger partial charge in [-0.2, -0.15) is 0 Å². The summed E-state index contributed by atoms with van der Waals surface area (Å²) in [6, 6.07) is 11.8. The Bertz CT molecular complexity index is 709. The molecule has 0 heterocycles. The van der Waals surface area contributed by atoms with Gasteiger partial charge in [0.05, 0.1) is 24.8 Å². The monoisotopic (exact) mass is 332 g/mol. The van der Waals surface area contributed by atoms with Crippen LogP contribution in [0.4, 0.5) is 0 Å². The van der Waals surface area contributed by atoms with Gasteiger partial charge >= 0.3 is 11.9 Å². The van der Waals surface area contributed by atoms with Gasteiger partial charge in [-0.05, 0) is 49.4 Å². The second-order valence-corrected chi connectivity index (χ2v) is 5.63. The topological polar surface area (TPSA) is 72.8 Å². The number of aromatic carboxylic acids is 1. The van der Waals surface area contributed by atoms with E-state index in [1.165, 1.54) is 23.9 Å². The first-order valence-corrected chi connectivity index (χ1v) is 7.73. The number of benzene rings is 2. The van der Waals surface area contributed by atoms with Crippen LogP contribution in [0.2, 0.25) is 0 Å². The number of carbonyl (C=O) groups excluding carboxylic acids is 1. The third-order valence-electron chi connectivity index (χ3n) is 3.01. The summed E-state index contributed by atoms with van der Waals surface area (Å²) in [7, 11) is 1.59. The van der Waals surface area contributed by atoms with Crippen molar-refractivity contribution < 1.29 is 24.2 Å². The van der Waals surface area contributed by atoms with E-state index in [0.29, 0.717) is 4.90 Å². The number of carboxylic acids is 1. The zero-order valence-electron chi connectivity index (χ0n) is 12.7. The highest BCUT2D eigenvalue weighted by atomic mass is 32.2. The van der Waals surface area contributed by atoms with E-state index in [-0.39, 0.29) is 17.7 Å². The minimum atomic E-state index is -1.09. The van der Waals surface area contributed by atoms with E-state index in [1.54, 1.807) is 20.1 Å². The molecule has 0 aliphatic heterocycles. The molecule has 0 aromatic heterocycles. The molecule has 0 atom stereocenters. The molecule has 0 amide bonds. The van der Waals surface area contributed by atoms with Crippen LogP contribution in [0.25, 0.3) is 0 Å². The molecule has 0 aliphatic rings. The van der Waals surface area contributed by atoms with Crippen molar-refractivity contribution in [3.63, 3.8) is 0 Å². The first kappa shape index (κ1) is 16.9. The van der Waals surface area contributed by atoms with Crippen molar-refractivity contribution in [2.24, 2.45) is 0 Å². The smallest absolute Gasteiger partial charge is 0.339 e. The Hall–Kier alpha value is -2.47. The largest absolute Gasteiger partial charge is 0.497 e. The molecule has 120 valence electrons. The van der Waals surface area contributed by atoms with Crippen LogP contribution in [0, 0.1) is 0 Å². The molecule has 0 saturated heterocycles. The average Bonchev–Trinajstić information content (AvgIpc) is 2.56. The Kier molecular flexibility index (Phi) is 5.65. The third-order valence-corrected chi connectivity index (χ3v) is 4.09. The summed E-state index contributed by atoms with van der Waals surface area (Å²) in [5, 5.41) is 9.09. The lowest BCUT2D eigenvalue weighted by Gasteiger charge is -2.10. The Labute approximate surface area is 138 Å². The van der Waals surface area contributed by atoms with Gasteiger partial charge in [0.2, 0.25) is 0 Å². The minimum Gasteiger partial charge on any atom is -0.497 e. The fourth-order valence-corrected chi connectivity index (χ4v) is 2.81. The Balaban J connectivity index is 2.35. The highest BCUT2D eigenvalue weighted by Gasteiger charge is 2.16. The van der Waals surface area contributed by atoms with Crippen molar-refractivity contribution in [2.75, 3.05) is 13.7 Å². The first-order valence-electron chi connectivity index (χ1n) is 6.91. The Morgan fingerprint density at radius 1 is 1.13 bits per heavy atom. The zero-order chi connectivity index (χ0) is 16.8. The predicted molar refractivity (Wildman–Crippen MR) is 86.5 cm³/mol. The summed E-state index contributed by atoms with van der Waals surface area (Å²) < 4.78 is 10.1. The normalized spacial score (nSPS) is 10.2. The number of carboxylic acid groups (broad SMARTS) is 1. The molecule has 0 bridgehead atoms. The van der Waals surface area contributed by atoms with E-state index >= 15 is 0 Å². The quantitative estimate of drug-likeness (QED) is 0.813. The number of ether oxygens (including phenoxy) is 2. The molecular formula is C17H16O5S. The maximum atomic E-state index is 12.1. The van der Waals surface area contributed by atoms with Gasteiger partial charge in [0.25, 0.3) is 0 Å². The van der Waals surface area contributed by atoms with Crippen molar-refractivity contribution in [3.05, 3.63) is 53.6 Å². The molecule has 23 heavy (non-hydrogen) atoms. The molecule has 0 aliphatic carbocycles. The lowest BCUT2D eigenvalue weighted by atomic mass is 10.1. The van der Waals surface area contributed by atoms with Gasteiger partial charge in [0, 0.05) is 9.79 Å². The highest BCUT2D eigenvalue weighted by molar-refractivity contribution is 7.99. The van der Waals surface area contributed by atoms with Gasteiger partial charge < -0.3 is 14.6 Å². The minimum absolute atomic E-state index is 0.0483. The summed E-state index contributed by atoms with van der Waals surface area (Å²) in [4.78, 5) is 24.7. The molecule has 1 N–H and O–H groups in total. The van der Waals surface area contributed by atoms with Crippen LogP contribution < -0.4 is 4.74 Å². The number of esters is 1. The van der Waals surface area contributed by atoms with Gasteiger partial charge in [-0.3, -0.25) is 0 Å². The van der Waals surface area contributed by atoms with Gasteiger partial charge in [0.15, 0.2) is 0 Å². The van der Waals surface area contributed by atoms with Gasteiger partial charge in [-0.15, -0.1) is 0 Å². The predicted octanol–water partition coefficient (Wildman–Crippen LogP) is 3.72. The van der Waals surface area contributed by atoms with Crippen LogP contribution in [0.1, 0.15) is 27.6 Å². The maximum absolute atomic E-state index is 12.1. The van der Waals surface area contributed by atoms with Crippen LogP contribution in [0.15, 0.2) is 52.3 Å². The molecule has 0 unspecified atom stereocenters. The number of carbonyl (C=O) groups is 2. The third kappa shape index (κ3) is 4.26. The fraction of sp³-hybridized carbons (Fsp3) is 0.176.